The van der Waals surface area contributed by atoms with Gasteiger partial charge in [-0.1, -0.05) is 32.0 Å². The zero-order valence-corrected chi connectivity index (χ0v) is 8.00. The Morgan fingerprint density at radius 3 is 2.75 bits per heavy atom. The number of aliphatic hydroxyl groups excluding tert-OH is 1. The highest BCUT2D eigenvalue weighted by atomic mass is 16.3. The van der Waals surface area contributed by atoms with E-state index in [4.69, 9.17) is 13.0 Å². The summed E-state index contributed by atoms with van der Waals surface area (Å²) in [7, 11) is 6.00. The predicted molar refractivity (Wildman–Crippen MR) is 52.3 cm³/mol. The van der Waals surface area contributed by atoms with E-state index >= 15 is 0 Å². The fraction of sp³-hybridized carbons (Fsp3) is 1.00. The average Bonchev–Trinajstić information content (AvgIpc) is 2.09. The molecule has 0 heterocycles. The van der Waals surface area contributed by atoms with Crippen LogP contribution in [0.1, 0.15) is 39.0 Å². The van der Waals surface area contributed by atoms with Crippen LogP contribution in [-0.4, -0.2) is 19.6 Å². The Kier molecular flexibility index (Phi) is 4.13. The molecule has 1 saturated carbocycles. The highest BCUT2D eigenvalue weighted by molar-refractivity contribution is 6.11. The largest absolute Gasteiger partial charge is 0.396 e. The minimum atomic E-state index is 0.354. The average molecular weight is 166 g/mol. The molecule has 3 unspecified atom stereocenters. The summed E-state index contributed by atoms with van der Waals surface area (Å²) in [4.78, 5) is 0. The van der Waals surface area contributed by atoms with Crippen molar-refractivity contribution in [3.8, 4) is 0 Å². The lowest BCUT2D eigenvalue weighted by Crippen LogP contribution is -2.23. The molecular weight excluding hydrogens is 147 g/mol. The lowest BCUT2D eigenvalue weighted by atomic mass is 9.64. The molecule has 0 aromatic heterocycles. The van der Waals surface area contributed by atoms with E-state index < -0.39 is 0 Å². The van der Waals surface area contributed by atoms with Gasteiger partial charge in [-0.3, -0.25) is 0 Å². The summed E-state index contributed by atoms with van der Waals surface area (Å²) in [6, 6.07) is 0. The molecule has 3 atom stereocenters. The molecule has 12 heavy (non-hydrogen) atoms. The van der Waals surface area contributed by atoms with Crippen LogP contribution >= 0.6 is 0 Å². The molecule has 0 saturated heterocycles. The zero-order valence-electron chi connectivity index (χ0n) is 8.00. The zero-order chi connectivity index (χ0) is 8.97. The molecule has 1 aliphatic rings. The topological polar surface area (TPSA) is 20.2 Å². The number of rotatable bonds is 3. The van der Waals surface area contributed by atoms with E-state index in [-0.39, 0.29) is 0 Å². The van der Waals surface area contributed by atoms with Gasteiger partial charge in [0.25, 0.3) is 0 Å². The van der Waals surface area contributed by atoms with Crippen molar-refractivity contribution in [1.29, 1.82) is 0 Å². The van der Waals surface area contributed by atoms with Crippen molar-refractivity contribution in [2.75, 3.05) is 6.61 Å². The monoisotopic (exact) mass is 166 g/mol. The van der Waals surface area contributed by atoms with Gasteiger partial charge < -0.3 is 5.11 Å². The van der Waals surface area contributed by atoms with Crippen molar-refractivity contribution in [3.63, 3.8) is 0 Å². The van der Waals surface area contributed by atoms with Crippen LogP contribution in [0.25, 0.3) is 0 Å². The summed E-state index contributed by atoms with van der Waals surface area (Å²) in [6.45, 7) is 2.56. The van der Waals surface area contributed by atoms with E-state index in [1.807, 2.05) is 0 Å². The van der Waals surface area contributed by atoms with Crippen LogP contribution in [-0.2, 0) is 0 Å². The molecule has 1 fully saturated rings. The second-order valence-electron chi connectivity index (χ2n) is 4.07. The van der Waals surface area contributed by atoms with E-state index in [9.17, 15) is 0 Å². The third-order valence-electron chi connectivity index (χ3n) is 3.07. The van der Waals surface area contributed by atoms with Gasteiger partial charge in [-0.25, -0.2) is 0 Å². The molecule has 1 N–H and O–H groups in total. The molecule has 0 aromatic rings. The van der Waals surface area contributed by atoms with Gasteiger partial charge in [0, 0.05) is 6.61 Å². The Morgan fingerprint density at radius 2 is 2.17 bits per heavy atom. The fourth-order valence-corrected chi connectivity index (χ4v) is 2.25. The molecule has 0 amide bonds. The molecule has 2 radical (unpaired) electrons. The first-order valence-electron chi connectivity index (χ1n) is 5.14. The van der Waals surface area contributed by atoms with Crippen molar-refractivity contribution >= 4 is 7.85 Å². The SMILES string of the molecule is [B]C1CCC(CO)CC1CCC. The third-order valence-corrected chi connectivity index (χ3v) is 3.07. The van der Waals surface area contributed by atoms with Gasteiger partial charge in [-0.15, -0.1) is 0 Å². The second-order valence-corrected chi connectivity index (χ2v) is 4.07. The van der Waals surface area contributed by atoms with Gasteiger partial charge in [-0.05, 0) is 24.7 Å². The van der Waals surface area contributed by atoms with Gasteiger partial charge in [-0.2, -0.15) is 0 Å². The highest BCUT2D eigenvalue weighted by Gasteiger charge is 2.25. The Bertz CT molecular complexity index is 127. The van der Waals surface area contributed by atoms with Crippen LogP contribution in [0.15, 0.2) is 0 Å². The molecule has 0 spiro atoms. The maximum atomic E-state index is 9.02. The molecule has 0 bridgehead atoms. The van der Waals surface area contributed by atoms with Crippen LogP contribution in [0.5, 0.6) is 0 Å². The van der Waals surface area contributed by atoms with Crippen molar-refractivity contribution in [2.45, 2.75) is 44.8 Å². The normalized spacial score (nSPS) is 36.7. The van der Waals surface area contributed by atoms with Gasteiger partial charge in [0.05, 0.1) is 7.85 Å². The molecule has 1 nitrogen and oxygen atoms in total. The van der Waals surface area contributed by atoms with Crippen LogP contribution in [0.3, 0.4) is 0 Å². The van der Waals surface area contributed by atoms with Crippen molar-refractivity contribution in [3.05, 3.63) is 0 Å². The first-order valence-corrected chi connectivity index (χ1v) is 5.14. The van der Waals surface area contributed by atoms with Crippen molar-refractivity contribution in [1.82, 2.24) is 0 Å². The minimum absolute atomic E-state index is 0.354. The van der Waals surface area contributed by atoms with Crippen LogP contribution < -0.4 is 0 Å². The summed E-state index contributed by atoms with van der Waals surface area (Å²) < 4.78 is 0. The highest BCUT2D eigenvalue weighted by Crippen LogP contribution is 2.38. The minimum Gasteiger partial charge on any atom is -0.396 e. The second kappa shape index (κ2) is 4.91. The summed E-state index contributed by atoms with van der Waals surface area (Å²) in [6.07, 6.45) is 5.83. The summed E-state index contributed by atoms with van der Waals surface area (Å²) >= 11 is 0. The van der Waals surface area contributed by atoms with Crippen LogP contribution in [0.2, 0.25) is 5.82 Å². The molecule has 0 aliphatic heterocycles. The Hall–Kier alpha value is 0.0249. The number of hydrogen-bond donors (Lipinski definition) is 1. The predicted octanol–water partition coefficient (Wildman–Crippen LogP) is 2.15. The van der Waals surface area contributed by atoms with Crippen LogP contribution in [0.4, 0.5) is 0 Å². The maximum Gasteiger partial charge on any atom is 0.0703 e. The number of aliphatic hydroxyl groups is 1. The Morgan fingerprint density at radius 1 is 1.42 bits per heavy atom. The Labute approximate surface area is 77.0 Å². The van der Waals surface area contributed by atoms with E-state index in [2.05, 4.69) is 6.92 Å². The van der Waals surface area contributed by atoms with Gasteiger partial charge in [0.1, 0.15) is 0 Å². The fourth-order valence-electron chi connectivity index (χ4n) is 2.25. The molecule has 68 valence electrons. The van der Waals surface area contributed by atoms with Gasteiger partial charge in [0.15, 0.2) is 0 Å². The maximum absolute atomic E-state index is 9.02. The molecule has 2 heteroatoms. The van der Waals surface area contributed by atoms with E-state index in [1.165, 1.54) is 12.8 Å². The first-order chi connectivity index (χ1) is 5.77. The van der Waals surface area contributed by atoms with E-state index in [0.717, 1.165) is 19.3 Å². The molecular formula is C10H19BO. The lowest BCUT2D eigenvalue weighted by Gasteiger charge is -2.33. The van der Waals surface area contributed by atoms with Gasteiger partial charge >= 0.3 is 0 Å². The van der Waals surface area contributed by atoms with E-state index in [0.29, 0.717) is 24.3 Å². The van der Waals surface area contributed by atoms with Gasteiger partial charge in [0.2, 0.25) is 0 Å². The lowest BCUT2D eigenvalue weighted by molar-refractivity contribution is 0.157. The summed E-state index contributed by atoms with van der Waals surface area (Å²) in [5, 5.41) is 9.02. The summed E-state index contributed by atoms with van der Waals surface area (Å²) in [5.74, 6) is 1.59. The quantitative estimate of drug-likeness (QED) is 0.637. The standard InChI is InChI=1S/C10H19BO/c1-2-3-9-6-8(7-12)4-5-10(9)11/h8-10,12H,2-7H2,1H3. The van der Waals surface area contributed by atoms with Crippen LogP contribution in [0, 0.1) is 11.8 Å². The third kappa shape index (κ3) is 2.51. The molecule has 0 aromatic carbocycles. The van der Waals surface area contributed by atoms with Crippen molar-refractivity contribution < 1.29 is 5.11 Å². The van der Waals surface area contributed by atoms with E-state index in [1.54, 1.807) is 0 Å². The smallest absolute Gasteiger partial charge is 0.0703 e. The summed E-state index contributed by atoms with van der Waals surface area (Å²) in [5.41, 5.74) is 0. The Balaban J connectivity index is 2.36. The first kappa shape index (κ1) is 10.1. The molecule has 1 rings (SSSR count). The number of hydrogen-bond acceptors (Lipinski definition) is 1. The van der Waals surface area contributed by atoms with Crippen molar-refractivity contribution in [2.24, 2.45) is 11.8 Å². The molecule has 1 aliphatic carbocycles.